The Labute approximate surface area is 134 Å². The molecule has 1 spiro atoms. The topological polar surface area (TPSA) is 50.8 Å². The zero-order chi connectivity index (χ0) is 15.4. The number of nitrogens with zero attached hydrogens (tertiary/aromatic N) is 1. The molecule has 0 aliphatic carbocycles. The van der Waals surface area contributed by atoms with Crippen molar-refractivity contribution in [2.24, 2.45) is 0 Å². The molecule has 3 heterocycles. The lowest BCUT2D eigenvalue weighted by molar-refractivity contribution is -0.169. The number of hydrogen-bond donors (Lipinski definition) is 1. The van der Waals surface area contributed by atoms with Gasteiger partial charge in [-0.2, -0.15) is 0 Å². The third kappa shape index (κ3) is 1.90. The van der Waals surface area contributed by atoms with Gasteiger partial charge in [-0.3, -0.25) is 4.79 Å². The Morgan fingerprint density at radius 1 is 1.04 bits per heavy atom. The van der Waals surface area contributed by atoms with E-state index in [0.29, 0.717) is 13.2 Å². The van der Waals surface area contributed by atoms with Crippen LogP contribution in [0.2, 0.25) is 0 Å². The molecule has 5 nitrogen and oxygen atoms in total. The van der Waals surface area contributed by atoms with E-state index in [1.165, 1.54) is 5.69 Å². The van der Waals surface area contributed by atoms with Gasteiger partial charge in [0.2, 0.25) is 0 Å². The predicted molar refractivity (Wildman–Crippen MR) is 88.0 cm³/mol. The van der Waals surface area contributed by atoms with Crippen LogP contribution in [0.5, 0.6) is 0 Å². The molecule has 0 atom stereocenters. The Hall–Kier alpha value is -2.11. The molecule has 3 aliphatic rings. The summed E-state index contributed by atoms with van der Waals surface area (Å²) < 4.78 is 11.6. The van der Waals surface area contributed by atoms with E-state index >= 15 is 0 Å². The summed E-state index contributed by atoms with van der Waals surface area (Å²) >= 11 is 0. The lowest BCUT2D eigenvalue weighted by Crippen LogP contribution is -2.45. The first kappa shape index (κ1) is 13.3. The summed E-state index contributed by atoms with van der Waals surface area (Å²) in [7, 11) is 0. The zero-order valence-corrected chi connectivity index (χ0v) is 12.8. The highest BCUT2D eigenvalue weighted by Gasteiger charge is 2.40. The summed E-state index contributed by atoms with van der Waals surface area (Å²) in [5.74, 6) is -0.365. The number of benzene rings is 2. The molecular weight excluding hydrogens is 292 g/mol. The summed E-state index contributed by atoms with van der Waals surface area (Å²) in [6, 6.07) is 10.1. The molecule has 3 aliphatic heterocycles. The highest BCUT2D eigenvalue weighted by molar-refractivity contribution is 6.25. The second-order valence-electron chi connectivity index (χ2n) is 6.41. The normalized spacial score (nSPS) is 22.1. The van der Waals surface area contributed by atoms with Crippen molar-refractivity contribution in [2.45, 2.75) is 18.6 Å². The van der Waals surface area contributed by atoms with E-state index in [-0.39, 0.29) is 11.7 Å². The van der Waals surface area contributed by atoms with Crippen molar-refractivity contribution in [3.63, 3.8) is 0 Å². The average Bonchev–Trinajstić information content (AvgIpc) is 3.16. The zero-order valence-electron chi connectivity index (χ0n) is 12.8. The number of carbonyl (C=O) groups is 1. The van der Waals surface area contributed by atoms with E-state index < -0.39 is 0 Å². The maximum atomic E-state index is 12.0. The molecule has 2 aromatic carbocycles. The quantitative estimate of drug-likeness (QED) is 0.880. The molecule has 118 valence electrons. The molecule has 1 N–H and O–H groups in total. The van der Waals surface area contributed by atoms with Gasteiger partial charge in [0.25, 0.3) is 5.91 Å². The van der Waals surface area contributed by atoms with Gasteiger partial charge in [-0.05, 0) is 18.2 Å². The third-order valence-electron chi connectivity index (χ3n) is 5.19. The second kappa shape index (κ2) is 4.69. The van der Waals surface area contributed by atoms with Crippen LogP contribution < -0.4 is 10.2 Å². The van der Waals surface area contributed by atoms with Crippen LogP contribution in [0, 0.1) is 0 Å². The van der Waals surface area contributed by atoms with Crippen molar-refractivity contribution in [3.8, 4) is 0 Å². The highest BCUT2D eigenvalue weighted by atomic mass is 16.7. The van der Waals surface area contributed by atoms with Crippen LogP contribution in [0.3, 0.4) is 0 Å². The Morgan fingerprint density at radius 3 is 2.61 bits per heavy atom. The van der Waals surface area contributed by atoms with Crippen LogP contribution in [0.1, 0.15) is 23.2 Å². The number of rotatable bonds is 1. The van der Waals surface area contributed by atoms with E-state index in [1.807, 2.05) is 18.2 Å². The minimum absolute atomic E-state index is 0.00639. The Morgan fingerprint density at radius 2 is 1.83 bits per heavy atom. The lowest BCUT2D eigenvalue weighted by atomic mass is 9.99. The molecule has 2 aromatic rings. The Balaban J connectivity index is 1.53. The van der Waals surface area contributed by atoms with Crippen molar-refractivity contribution in [2.75, 3.05) is 36.5 Å². The largest absolute Gasteiger partial charge is 0.371 e. The van der Waals surface area contributed by atoms with Gasteiger partial charge in [-0.15, -0.1) is 0 Å². The van der Waals surface area contributed by atoms with Crippen LogP contribution in [-0.4, -0.2) is 38.0 Å². The first-order chi connectivity index (χ1) is 11.3. The summed E-state index contributed by atoms with van der Waals surface area (Å²) in [5.41, 5.74) is 2.88. The first-order valence-electron chi connectivity index (χ1n) is 8.16. The highest BCUT2D eigenvalue weighted by Crippen LogP contribution is 2.40. The summed E-state index contributed by atoms with van der Waals surface area (Å²) in [4.78, 5) is 14.4. The fourth-order valence-corrected chi connectivity index (χ4v) is 4.02. The number of anilines is 2. The van der Waals surface area contributed by atoms with Crippen molar-refractivity contribution < 1.29 is 14.3 Å². The van der Waals surface area contributed by atoms with Crippen molar-refractivity contribution in [1.82, 2.24) is 0 Å². The van der Waals surface area contributed by atoms with Crippen LogP contribution >= 0.6 is 0 Å². The number of carbonyl (C=O) groups excluding carboxylic acids is 1. The molecule has 5 rings (SSSR count). The molecule has 2 fully saturated rings. The van der Waals surface area contributed by atoms with E-state index in [1.54, 1.807) is 0 Å². The van der Waals surface area contributed by atoms with Gasteiger partial charge in [-0.25, -0.2) is 0 Å². The number of ether oxygens (including phenoxy) is 2. The summed E-state index contributed by atoms with van der Waals surface area (Å²) in [6.45, 7) is 3.21. The van der Waals surface area contributed by atoms with Crippen molar-refractivity contribution in [1.29, 1.82) is 0 Å². The SMILES string of the molecule is O=C1Nc2ccc(N3CCC4(CC3)OCCO4)c3cccc1c23. The Bertz CT molecular complexity index is 801. The van der Waals surface area contributed by atoms with Gasteiger partial charge >= 0.3 is 0 Å². The summed E-state index contributed by atoms with van der Waals surface area (Å²) in [6.07, 6.45) is 1.76. The molecule has 0 aromatic heterocycles. The van der Waals surface area contributed by atoms with Crippen LogP contribution in [0.15, 0.2) is 30.3 Å². The maximum absolute atomic E-state index is 12.0. The van der Waals surface area contributed by atoms with Crippen LogP contribution in [0.25, 0.3) is 10.8 Å². The van der Waals surface area contributed by atoms with Crippen LogP contribution in [0.4, 0.5) is 11.4 Å². The van der Waals surface area contributed by atoms with Crippen molar-refractivity contribution in [3.05, 3.63) is 35.9 Å². The number of piperidine rings is 1. The number of nitrogens with one attached hydrogen (secondary N) is 1. The van der Waals surface area contributed by atoms with Gasteiger partial charge in [0, 0.05) is 53.6 Å². The molecule has 5 heteroatoms. The van der Waals surface area contributed by atoms with Gasteiger partial charge in [0.05, 0.1) is 13.2 Å². The van der Waals surface area contributed by atoms with E-state index in [2.05, 4.69) is 22.3 Å². The minimum atomic E-state index is -0.358. The Kier molecular flexibility index (Phi) is 2.72. The second-order valence-corrected chi connectivity index (χ2v) is 6.41. The fourth-order valence-electron chi connectivity index (χ4n) is 4.02. The third-order valence-corrected chi connectivity index (χ3v) is 5.19. The van der Waals surface area contributed by atoms with Gasteiger partial charge in [0.1, 0.15) is 0 Å². The monoisotopic (exact) mass is 310 g/mol. The van der Waals surface area contributed by atoms with Gasteiger partial charge in [0.15, 0.2) is 5.79 Å². The molecule has 0 bridgehead atoms. The van der Waals surface area contributed by atoms with Gasteiger partial charge in [-0.1, -0.05) is 12.1 Å². The maximum Gasteiger partial charge on any atom is 0.256 e. The summed E-state index contributed by atoms with van der Waals surface area (Å²) in [5, 5.41) is 5.13. The van der Waals surface area contributed by atoms with E-state index in [0.717, 1.165) is 48.0 Å². The minimum Gasteiger partial charge on any atom is -0.371 e. The molecule has 1 amide bonds. The van der Waals surface area contributed by atoms with E-state index in [4.69, 9.17) is 9.47 Å². The average molecular weight is 310 g/mol. The molecule has 0 unspecified atom stereocenters. The number of amides is 1. The number of hydrogen-bond acceptors (Lipinski definition) is 4. The van der Waals surface area contributed by atoms with Crippen LogP contribution in [-0.2, 0) is 9.47 Å². The molecule has 0 radical (unpaired) electrons. The molecular formula is C18H18N2O3. The molecule has 0 saturated carbocycles. The lowest BCUT2D eigenvalue weighted by Gasteiger charge is -2.39. The van der Waals surface area contributed by atoms with Gasteiger partial charge < -0.3 is 19.7 Å². The fraction of sp³-hybridized carbons (Fsp3) is 0.389. The first-order valence-corrected chi connectivity index (χ1v) is 8.16. The standard InChI is InChI=1S/C18H18N2O3/c21-17-13-3-1-2-12-15(5-4-14(19-17)16(12)13)20-8-6-18(7-9-20)22-10-11-23-18/h1-5H,6-11H2,(H,19,21). The molecule has 2 saturated heterocycles. The van der Waals surface area contributed by atoms with Crippen molar-refractivity contribution >= 4 is 28.1 Å². The molecule has 23 heavy (non-hydrogen) atoms. The predicted octanol–water partition coefficient (Wildman–Crippen LogP) is 2.75. The smallest absolute Gasteiger partial charge is 0.256 e. The van der Waals surface area contributed by atoms with E-state index in [9.17, 15) is 4.79 Å².